The van der Waals surface area contributed by atoms with Crippen molar-refractivity contribution >= 4 is 5.91 Å². The topological polar surface area (TPSA) is 73.9 Å². The van der Waals surface area contributed by atoms with Gasteiger partial charge < -0.3 is 5.32 Å². The molecule has 1 atom stereocenters. The quantitative estimate of drug-likeness (QED) is 0.889. The molecule has 1 aliphatic heterocycles. The number of rotatable bonds is 4. The Kier molecular flexibility index (Phi) is 4.15. The van der Waals surface area contributed by atoms with Crippen LogP contribution in [0.2, 0.25) is 0 Å². The number of carbonyl (C=O) groups excluding carboxylic acids is 1. The molecule has 1 unspecified atom stereocenters. The van der Waals surface area contributed by atoms with Crippen LogP contribution in [0.1, 0.15) is 30.2 Å². The number of benzene rings is 1. The molecule has 0 radical (unpaired) electrons. The van der Waals surface area contributed by atoms with E-state index < -0.39 is 6.04 Å². The van der Waals surface area contributed by atoms with Gasteiger partial charge >= 0.3 is 0 Å². The van der Waals surface area contributed by atoms with Crippen molar-refractivity contribution in [1.29, 1.82) is 0 Å². The van der Waals surface area contributed by atoms with Gasteiger partial charge in [-0.2, -0.15) is 5.10 Å². The summed E-state index contributed by atoms with van der Waals surface area (Å²) in [6.45, 7) is 3.78. The number of hydrogen-bond acceptors (Lipinski definition) is 4. The molecule has 1 aromatic heterocycles. The number of halogens is 1. The van der Waals surface area contributed by atoms with Crippen molar-refractivity contribution in [3.05, 3.63) is 47.3 Å². The summed E-state index contributed by atoms with van der Waals surface area (Å²) in [5.74, 6) is 1.11. The molecule has 0 saturated carbocycles. The van der Waals surface area contributed by atoms with Gasteiger partial charge in [-0.25, -0.2) is 9.37 Å². The highest BCUT2D eigenvalue weighted by atomic mass is 19.1. The number of piperazine rings is 1. The van der Waals surface area contributed by atoms with E-state index in [9.17, 15) is 9.18 Å². The van der Waals surface area contributed by atoms with Crippen LogP contribution in [-0.2, 0) is 17.8 Å². The summed E-state index contributed by atoms with van der Waals surface area (Å²) in [7, 11) is 0. The molecule has 1 saturated heterocycles. The number of aryl methyl sites for hydroxylation is 1. The maximum Gasteiger partial charge on any atom is 0.242 e. The molecule has 0 aliphatic carbocycles. The van der Waals surface area contributed by atoms with E-state index in [0.717, 1.165) is 23.6 Å². The minimum Gasteiger partial charge on any atom is -0.353 e. The highest BCUT2D eigenvalue weighted by Crippen LogP contribution is 2.24. The second-order valence-electron chi connectivity index (χ2n) is 5.27. The standard InChI is InChI=1S/C15H18FN5O/c1-2-12-18-13(20-19-12)9-21-8-7-17-15(22)14(21)10-3-5-11(16)6-4-10/h3-6,14H,2,7-9H2,1H3,(H,17,22)(H,18,19,20). The lowest BCUT2D eigenvalue weighted by molar-refractivity contribution is -0.129. The van der Waals surface area contributed by atoms with Crippen molar-refractivity contribution in [2.24, 2.45) is 0 Å². The van der Waals surface area contributed by atoms with Gasteiger partial charge in [-0.1, -0.05) is 19.1 Å². The first kappa shape index (κ1) is 14.6. The van der Waals surface area contributed by atoms with Gasteiger partial charge in [0.1, 0.15) is 23.5 Å². The SMILES string of the molecule is CCc1n[nH]c(CN2CCNC(=O)C2c2ccc(F)cc2)n1. The van der Waals surface area contributed by atoms with Gasteiger partial charge in [0.25, 0.3) is 0 Å². The first-order valence-electron chi connectivity index (χ1n) is 7.34. The summed E-state index contributed by atoms with van der Waals surface area (Å²) in [6.07, 6.45) is 0.762. The molecule has 6 nitrogen and oxygen atoms in total. The van der Waals surface area contributed by atoms with Crippen molar-refractivity contribution in [3.63, 3.8) is 0 Å². The Morgan fingerprint density at radius 3 is 2.82 bits per heavy atom. The zero-order valence-electron chi connectivity index (χ0n) is 12.3. The Morgan fingerprint density at radius 2 is 2.14 bits per heavy atom. The van der Waals surface area contributed by atoms with E-state index in [1.54, 1.807) is 12.1 Å². The molecular weight excluding hydrogens is 285 g/mol. The number of nitrogens with one attached hydrogen (secondary N) is 2. The number of H-pyrrole nitrogens is 1. The van der Waals surface area contributed by atoms with Crippen LogP contribution in [0.5, 0.6) is 0 Å². The van der Waals surface area contributed by atoms with Gasteiger partial charge in [0.05, 0.1) is 6.54 Å². The molecule has 0 bridgehead atoms. The van der Waals surface area contributed by atoms with E-state index in [2.05, 4.69) is 20.5 Å². The molecule has 1 fully saturated rings. The Balaban J connectivity index is 1.83. The molecule has 3 rings (SSSR count). The highest BCUT2D eigenvalue weighted by molar-refractivity contribution is 5.83. The minimum absolute atomic E-state index is 0.0758. The maximum atomic E-state index is 13.1. The average molecular weight is 303 g/mol. The lowest BCUT2D eigenvalue weighted by atomic mass is 10.0. The van der Waals surface area contributed by atoms with Crippen molar-refractivity contribution in [3.8, 4) is 0 Å². The smallest absolute Gasteiger partial charge is 0.242 e. The van der Waals surface area contributed by atoms with Crippen molar-refractivity contribution in [1.82, 2.24) is 25.4 Å². The third kappa shape index (κ3) is 2.99. The normalized spacial score (nSPS) is 19.2. The predicted octanol–water partition coefficient (Wildman–Crippen LogP) is 1.18. The molecule has 7 heteroatoms. The van der Waals surface area contributed by atoms with Gasteiger partial charge in [-0.15, -0.1) is 0 Å². The van der Waals surface area contributed by atoms with Crippen LogP contribution in [0, 0.1) is 5.82 Å². The molecule has 2 aromatic rings. The second kappa shape index (κ2) is 6.23. The van der Waals surface area contributed by atoms with E-state index in [1.807, 2.05) is 11.8 Å². The van der Waals surface area contributed by atoms with Crippen molar-refractivity contribution < 1.29 is 9.18 Å². The van der Waals surface area contributed by atoms with E-state index in [4.69, 9.17) is 0 Å². The third-order valence-electron chi connectivity index (χ3n) is 3.74. The third-order valence-corrected chi connectivity index (χ3v) is 3.74. The lowest BCUT2D eigenvalue weighted by Crippen LogP contribution is -2.49. The molecule has 1 amide bonds. The van der Waals surface area contributed by atoms with Crippen LogP contribution in [-0.4, -0.2) is 39.1 Å². The van der Waals surface area contributed by atoms with Gasteiger partial charge in [0.15, 0.2) is 0 Å². The number of aromatic nitrogens is 3. The lowest BCUT2D eigenvalue weighted by Gasteiger charge is -2.34. The summed E-state index contributed by atoms with van der Waals surface area (Å²) >= 11 is 0. The zero-order chi connectivity index (χ0) is 15.5. The fraction of sp³-hybridized carbons (Fsp3) is 0.400. The van der Waals surface area contributed by atoms with E-state index in [-0.39, 0.29) is 11.7 Å². The molecule has 1 aliphatic rings. The number of aromatic amines is 1. The Labute approximate surface area is 127 Å². The van der Waals surface area contributed by atoms with Gasteiger partial charge in [-0.3, -0.25) is 14.8 Å². The van der Waals surface area contributed by atoms with Crippen molar-refractivity contribution in [2.45, 2.75) is 25.9 Å². The molecule has 2 heterocycles. The fourth-order valence-electron chi connectivity index (χ4n) is 2.65. The Morgan fingerprint density at radius 1 is 1.36 bits per heavy atom. The molecule has 0 spiro atoms. The van der Waals surface area contributed by atoms with Crippen LogP contribution >= 0.6 is 0 Å². The molecular formula is C15H18FN5O. The monoisotopic (exact) mass is 303 g/mol. The molecule has 22 heavy (non-hydrogen) atoms. The average Bonchev–Trinajstić information content (AvgIpc) is 2.97. The Bertz CT molecular complexity index is 654. The maximum absolute atomic E-state index is 13.1. The second-order valence-corrected chi connectivity index (χ2v) is 5.27. The summed E-state index contributed by atoms with van der Waals surface area (Å²) in [5, 5.41) is 9.88. The van der Waals surface area contributed by atoms with Crippen LogP contribution in [0.3, 0.4) is 0 Å². The fourth-order valence-corrected chi connectivity index (χ4v) is 2.65. The van der Waals surface area contributed by atoms with Crippen LogP contribution in [0.4, 0.5) is 4.39 Å². The van der Waals surface area contributed by atoms with Gasteiger partial charge in [0.2, 0.25) is 5.91 Å². The highest BCUT2D eigenvalue weighted by Gasteiger charge is 2.31. The van der Waals surface area contributed by atoms with Gasteiger partial charge in [0, 0.05) is 19.5 Å². The first-order valence-corrected chi connectivity index (χ1v) is 7.34. The number of carbonyl (C=O) groups is 1. The zero-order valence-corrected chi connectivity index (χ0v) is 12.3. The number of amides is 1. The number of hydrogen-bond donors (Lipinski definition) is 2. The largest absolute Gasteiger partial charge is 0.353 e. The molecule has 116 valence electrons. The van der Waals surface area contributed by atoms with Crippen molar-refractivity contribution in [2.75, 3.05) is 13.1 Å². The summed E-state index contributed by atoms with van der Waals surface area (Å²) in [6, 6.07) is 5.60. The number of nitrogens with zero attached hydrogens (tertiary/aromatic N) is 3. The van der Waals surface area contributed by atoms with E-state index >= 15 is 0 Å². The van der Waals surface area contributed by atoms with Gasteiger partial charge in [-0.05, 0) is 17.7 Å². The molecule has 2 N–H and O–H groups in total. The minimum atomic E-state index is -0.440. The molecule has 1 aromatic carbocycles. The predicted molar refractivity (Wildman–Crippen MR) is 78.3 cm³/mol. The van der Waals surface area contributed by atoms with E-state index in [0.29, 0.717) is 19.6 Å². The Hall–Kier alpha value is -2.28. The van der Waals surface area contributed by atoms with E-state index in [1.165, 1.54) is 12.1 Å². The van der Waals surface area contributed by atoms with Crippen LogP contribution in [0.25, 0.3) is 0 Å². The van der Waals surface area contributed by atoms with Crippen LogP contribution < -0.4 is 5.32 Å². The summed E-state index contributed by atoms with van der Waals surface area (Å²) in [5.41, 5.74) is 0.772. The van der Waals surface area contributed by atoms with Crippen LogP contribution in [0.15, 0.2) is 24.3 Å². The summed E-state index contributed by atoms with van der Waals surface area (Å²) < 4.78 is 13.1. The first-order chi connectivity index (χ1) is 10.7. The summed E-state index contributed by atoms with van der Waals surface area (Å²) in [4.78, 5) is 18.7.